The van der Waals surface area contributed by atoms with Crippen LogP contribution < -0.4 is 0 Å². The Labute approximate surface area is 164 Å². The van der Waals surface area contributed by atoms with Gasteiger partial charge in [0, 0.05) is 31.6 Å². The number of aliphatic hydroxyl groups is 1. The van der Waals surface area contributed by atoms with Crippen molar-refractivity contribution < 1.29 is 19.4 Å². The van der Waals surface area contributed by atoms with Crippen LogP contribution in [0.1, 0.15) is 70.3 Å². The number of rotatable bonds is 11. The summed E-state index contributed by atoms with van der Waals surface area (Å²) in [6.07, 6.45) is 20.2. The molecule has 0 spiro atoms. The predicted molar refractivity (Wildman–Crippen MR) is 109 cm³/mol. The molecule has 27 heavy (non-hydrogen) atoms. The molecule has 6 heteroatoms. The summed E-state index contributed by atoms with van der Waals surface area (Å²) in [5.41, 5.74) is 0.819. The SMILES string of the molecule is CCCCCCCCCCCN1C=CN(C)C1.O=CO.OCc1ccoc1. The Morgan fingerprint density at radius 2 is 1.67 bits per heavy atom. The maximum absolute atomic E-state index is 8.37. The minimum atomic E-state index is -0.250. The molecule has 1 aliphatic heterocycles. The molecule has 0 saturated carbocycles. The highest BCUT2D eigenvalue weighted by Crippen LogP contribution is 2.11. The molecule has 1 aromatic rings. The van der Waals surface area contributed by atoms with Gasteiger partial charge in [0.15, 0.2) is 0 Å². The Morgan fingerprint density at radius 3 is 2.07 bits per heavy atom. The van der Waals surface area contributed by atoms with Gasteiger partial charge in [-0.3, -0.25) is 4.79 Å². The fourth-order valence-electron chi connectivity index (χ4n) is 2.74. The number of carbonyl (C=O) groups is 1. The summed E-state index contributed by atoms with van der Waals surface area (Å²) in [6, 6.07) is 1.72. The molecule has 2 heterocycles. The maximum Gasteiger partial charge on any atom is 0.290 e. The second-order valence-electron chi connectivity index (χ2n) is 6.73. The van der Waals surface area contributed by atoms with Gasteiger partial charge in [-0.05, 0) is 12.5 Å². The maximum atomic E-state index is 8.37. The van der Waals surface area contributed by atoms with Crippen LogP contribution in [0.2, 0.25) is 0 Å². The Bertz CT molecular complexity index is 449. The molecule has 156 valence electrons. The first-order valence-corrected chi connectivity index (χ1v) is 10.00. The van der Waals surface area contributed by atoms with Crippen LogP contribution in [0.25, 0.3) is 0 Å². The summed E-state index contributed by atoms with van der Waals surface area (Å²) in [4.78, 5) is 13.0. The van der Waals surface area contributed by atoms with Gasteiger partial charge >= 0.3 is 0 Å². The number of unbranched alkanes of at least 4 members (excludes halogenated alkanes) is 8. The van der Waals surface area contributed by atoms with Crippen LogP contribution in [0, 0.1) is 0 Å². The molecule has 0 fully saturated rings. The molecule has 1 aromatic heterocycles. The van der Waals surface area contributed by atoms with Crippen LogP contribution in [-0.4, -0.2) is 46.7 Å². The average Bonchev–Trinajstić information content (AvgIpc) is 3.33. The quantitative estimate of drug-likeness (QED) is 0.428. The Kier molecular flexibility index (Phi) is 17.5. The van der Waals surface area contributed by atoms with Crippen molar-refractivity contribution in [3.8, 4) is 0 Å². The normalized spacial score (nSPS) is 12.3. The number of hydrogen-bond acceptors (Lipinski definition) is 5. The van der Waals surface area contributed by atoms with Crippen LogP contribution >= 0.6 is 0 Å². The van der Waals surface area contributed by atoms with E-state index < -0.39 is 0 Å². The first-order valence-electron chi connectivity index (χ1n) is 10.00. The molecule has 0 amide bonds. The second-order valence-corrected chi connectivity index (χ2v) is 6.73. The van der Waals surface area contributed by atoms with Crippen molar-refractivity contribution in [1.29, 1.82) is 0 Å². The van der Waals surface area contributed by atoms with Gasteiger partial charge in [0.1, 0.15) is 0 Å². The van der Waals surface area contributed by atoms with Crippen molar-refractivity contribution in [3.63, 3.8) is 0 Å². The lowest BCUT2D eigenvalue weighted by molar-refractivity contribution is -0.122. The highest BCUT2D eigenvalue weighted by molar-refractivity contribution is 5.32. The lowest BCUT2D eigenvalue weighted by Gasteiger charge is -2.17. The molecule has 0 radical (unpaired) electrons. The van der Waals surface area contributed by atoms with Crippen molar-refractivity contribution in [1.82, 2.24) is 9.80 Å². The summed E-state index contributed by atoms with van der Waals surface area (Å²) in [5.74, 6) is 0. The van der Waals surface area contributed by atoms with Crippen LogP contribution in [0.3, 0.4) is 0 Å². The lowest BCUT2D eigenvalue weighted by atomic mass is 10.1. The van der Waals surface area contributed by atoms with Crippen molar-refractivity contribution in [2.75, 3.05) is 20.3 Å². The standard InChI is InChI=1S/C15H30N2.C5H6O2.CH2O2/c1-3-4-5-6-7-8-9-10-11-12-17-14-13-16(2)15-17;6-3-5-1-2-7-4-5;2-1-3/h13-14H,3-12,15H2,1-2H3;1-2,4,6H,3H2;1H,(H,2,3). The monoisotopic (exact) mass is 382 g/mol. The van der Waals surface area contributed by atoms with Crippen molar-refractivity contribution in [2.24, 2.45) is 0 Å². The number of nitrogens with zero attached hydrogens (tertiary/aromatic N) is 2. The second kappa shape index (κ2) is 18.8. The fourth-order valence-corrected chi connectivity index (χ4v) is 2.74. The van der Waals surface area contributed by atoms with E-state index in [0.29, 0.717) is 0 Å². The molecular formula is C21H38N2O4. The zero-order valence-corrected chi connectivity index (χ0v) is 17.1. The van der Waals surface area contributed by atoms with E-state index in [1.807, 2.05) is 0 Å². The molecule has 0 aromatic carbocycles. The van der Waals surface area contributed by atoms with E-state index in [9.17, 15) is 0 Å². The van der Waals surface area contributed by atoms with E-state index >= 15 is 0 Å². The highest BCUT2D eigenvalue weighted by atomic mass is 16.3. The molecule has 0 unspecified atom stereocenters. The lowest BCUT2D eigenvalue weighted by Crippen LogP contribution is -2.23. The predicted octanol–water partition coefficient (Wildman–Crippen LogP) is 4.67. The van der Waals surface area contributed by atoms with Crippen molar-refractivity contribution in [3.05, 3.63) is 36.6 Å². The zero-order valence-electron chi connectivity index (χ0n) is 17.1. The average molecular weight is 383 g/mol. The van der Waals surface area contributed by atoms with Gasteiger partial charge in [0.2, 0.25) is 0 Å². The highest BCUT2D eigenvalue weighted by Gasteiger charge is 2.06. The Morgan fingerprint density at radius 1 is 1.07 bits per heavy atom. The summed E-state index contributed by atoms with van der Waals surface area (Å²) in [7, 11) is 2.13. The fraction of sp³-hybridized carbons (Fsp3) is 0.667. The molecule has 0 saturated heterocycles. The number of aliphatic hydroxyl groups excluding tert-OH is 1. The van der Waals surface area contributed by atoms with Crippen molar-refractivity contribution >= 4 is 6.47 Å². The number of furan rings is 1. The van der Waals surface area contributed by atoms with Gasteiger partial charge in [0.25, 0.3) is 6.47 Å². The minimum absolute atomic E-state index is 0.0660. The molecular weight excluding hydrogens is 344 g/mol. The van der Waals surface area contributed by atoms with E-state index in [1.54, 1.807) is 6.07 Å². The largest absolute Gasteiger partial charge is 0.483 e. The minimum Gasteiger partial charge on any atom is -0.483 e. The van der Waals surface area contributed by atoms with Crippen molar-refractivity contribution in [2.45, 2.75) is 71.3 Å². The van der Waals surface area contributed by atoms with Gasteiger partial charge in [-0.1, -0.05) is 58.3 Å². The molecule has 0 bridgehead atoms. The molecule has 1 aliphatic rings. The smallest absolute Gasteiger partial charge is 0.290 e. The van der Waals surface area contributed by atoms with Gasteiger partial charge < -0.3 is 24.4 Å². The summed E-state index contributed by atoms with van der Waals surface area (Å²) < 4.78 is 4.65. The van der Waals surface area contributed by atoms with E-state index in [-0.39, 0.29) is 13.1 Å². The Hall–Kier alpha value is -1.95. The topological polar surface area (TPSA) is 77.2 Å². The third-order valence-corrected chi connectivity index (χ3v) is 4.25. The van der Waals surface area contributed by atoms with Gasteiger partial charge in [0.05, 0.1) is 25.8 Å². The van der Waals surface area contributed by atoms with Gasteiger partial charge in [-0.2, -0.15) is 0 Å². The van der Waals surface area contributed by atoms with Crippen LogP contribution in [0.4, 0.5) is 0 Å². The van der Waals surface area contributed by atoms with Gasteiger partial charge in [-0.15, -0.1) is 0 Å². The molecule has 2 N–H and O–H groups in total. The van der Waals surface area contributed by atoms with E-state index in [4.69, 9.17) is 15.0 Å². The van der Waals surface area contributed by atoms with Crippen LogP contribution in [0.5, 0.6) is 0 Å². The van der Waals surface area contributed by atoms with Crippen LogP contribution in [-0.2, 0) is 11.4 Å². The number of carboxylic acid groups (broad SMARTS) is 1. The third-order valence-electron chi connectivity index (χ3n) is 4.25. The molecule has 0 aliphatic carbocycles. The third kappa shape index (κ3) is 16.0. The van der Waals surface area contributed by atoms with E-state index in [2.05, 4.69) is 40.6 Å². The first kappa shape index (κ1) is 25.1. The summed E-state index contributed by atoms with van der Waals surface area (Å²) >= 11 is 0. The van der Waals surface area contributed by atoms with Gasteiger partial charge in [-0.25, -0.2) is 0 Å². The first-order chi connectivity index (χ1) is 13.2. The Balaban J connectivity index is 0.000000555. The van der Waals surface area contributed by atoms with E-state index in [1.165, 1.54) is 76.9 Å². The molecule has 0 atom stereocenters. The number of hydrogen-bond donors (Lipinski definition) is 2. The summed E-state index contributed by atoms with van der Waals surface area (Å²) in [5, 5.41) is 15.3. The summed E-state index contributed by atoms with van der Waals surface area (Å²) in [6.45, 7) is 4.41. The molecule has 2 rings (SSSR count). The zero-order chi connectivity index (χ0) is 20.2. The van der Waals surface area contributed by atoms with E-state index in [0.717, 1.165) is 12.2 Å². The molecule has 6 nitrogen and oxygen atoms in total. The van der Waals surface area contributed by atoms with Crippen LogP contribution in [0.15, 0.2) is 35.4 Å².